The zero-order valence-corrected chi connectivity index (χ0v) is 3.86. The lowest BCUT2D eigenvalue weighted by Crippen LogP contribution is -1.73. The van der Waals surface area contributed by atoms with Crippen molar-refractivity contribution in [3.63, 3.8) is 0 Å². The van der Waals surface area contributed by atoms with E-state index in [1.165, 1.54) is 6.21 Å². The van der Waals surface area contributed by atoms with Crippen LogP contribution in [0.5, 0.6) is 0 Å². The Labute approximate surface area is 36.0 Å². The molecule has 1 aliphatic rings. The van der Waals surface area contributed by atoms with Crippen molar-refractivity contribution in [1.29, 1.82) is 0 Å². The van der Waals surface area contributed by atoms with Gasteiger partial charge in [0.15, 0.2) is 0 Å². The van der Waals surface area contributed by atoms with Crippen molar-refractivity contribution in [3.8, 4) is 0 Å². The fraction of sp³-hybridized carbons (Fsp3) is 0.500. The summed E-state index contributed by atoms with van der Waals surface area (Å²) in [5.41, 5.74) is 0. The van der Waals surface area contributed by atoms with E-state index in [1.807, 2.05) is 0 Å². The molecule has 0 aromatic rings. The van der Waals surface area contributed by atoms with Crippen LogP contribution in [0.1, 0.15) is 0 Å². The van der Waals surface area contributed by atoms with Crippen molar-refractivity contribution in [1.82, 2.24) is 0 Å². The van der Waals surface area contributed by atoms with Crippen LogP contribution in [0.3, 0.4) is 0 Å². The molecule has 6 heavy (non-hydrogen) atoms. The van der Waals surface area contributed by atoms with Crippen molar-refractivity contribution in [2.45, 2.75) is 0 Å². The van der Waals surface area contributed by atoms with Crippen LogP contribution in [-0.2, 0) is 4.52 Å². The third-order valence-corrected chi connectivity index (χ3v) is 1.14. The van der Waals surface area contributed by atoms with Crippen molar-refractivity contribution in [2.24, 2.45) is 4.76 Å². The van der Waals surface area contributed by atoms with E-state index in [4.69, 9.17) is 0 Å². The molecule has 2 nitrogen and oxygen atoms in total. The van der Waals surface area contributed by atoms with Crippen molar-refractivity contribution < 1.29 is 8.72 Å². The maximum atomic E-state index is 11.6. The maximum absolute atomic E-state index is 11.6. The molecule has 0 aromatic heterocycles. The summed E-state index contributed by atoms with van der Waals surface area (Å²) < 4.78 is 19.2. The average molecular weight is 107 g/mol. The molecule has 0 fully saturated rings. The number of halogens is 1. The summed E-state index contributed by atoms with van der Waals surface area (Å²) in [5, 5.41) is 0. The molecule has 1 heterocycles. The highest BCUT2D eigenvalue weighted by Gasteiger charge is 2.07. The van der Waals surface area contributed by atoms with Crippen molar-refractivity contribution in [3.05, 3.63) is 0 Å². The normalized spacial score (nSPS) is 31.8. The van der Waals surface area contributed by atoms with Crippen molar-refractivity contribution in [2.75, 3.05) is 6.61 Å². The van der Waals surface area contributed by atoms with Crippen LogP contribution in [0.25, 0.3) is 0 Å². The van der Waals surface area contributed by atoms with Gasteiger partial charge in [-0.05, 0) is 0 Å². The zero-order chi connectivity index (χ0) is 4.41. The molecule has 4 heteroatoms. The minimum atomic E-state index is -1.90. The zero-order valence-electron chi connectivity index (χ0n) is 2.97. The molecule has 0 N–H and O–H groups in total. The average Bonchev–Trinajstić information content (AvgIpc) is 1.86. The molecule has 0 saturated heterocycles. The Morgan fingerprint density at radius 1 is 2.00 bits per heavy atom. The van der Waals surface area contributed by atoms with E-state index < -0.39 is 8.61 Å². The highest BCUT2D eigenvalue weighted by atomic mass is 31.2. The van der Waals surface area contributed by atoms with Gasteiger partial charge in [-0.15, -0.1) is 0 Å². The molecular formula is C2H3FNOP. The monoisotopic (exact) mass is 107 g/mol. The van der Waals surface area contributed by atoms with E-state index in [-0.39, 0.29) is 0 Å². The van der Waals surface area contributed by atoms with Gasteiger partial charge in [0.05, 0.1) is 6.61 Å². The second kappa shape index (κ2) is 1.63. The van der Waals surface area contributed by atoms with Gasteiger partial charge in [0.2, 0.25) is 0 Å². The predicted octanol–water partition coefficient (Wildman–Crippen LogP) is 1.28. The van der Waals surface area contributed by atoms with E-state index in [0.717, 1.165) is 0 Å². The minimum Gasteiger partial charge on any atom is -0.307 e. The highest BCUT2D eigenvalue weighted by Crippen LogP contribution is 2.41. The van der Waals surface area contributed by atoms with Gasteiger partial charge in [-0.2, -0.15) is 4.20 Å². The van der Waals surface area contributed by atoms with E-state index in [0.29, 0.717) is 6.61 Å². The Balaban J connectivity index is 2.38. The van der Waals surface area contributed by atoms with Gasteiger partial charge >= 0.3 is 8.61 Å². The van der Waals surface area contributed by atoms with Crippen LogP contribution in [0.2, 0.25) is 0 Å². The molecule has 1 aliphatic heterocycles. The Bertz CT molecular complexity index is 75.9. The second-order valence-corrected chi connectivity index (χ2v) is 1.76. The summed E-state index contributed by atoms with van der Waals surface area (Å²) in [5.74, 6) is 0. The van der Waals surface area contributed by atoms with Gasteiger partial charge in [-0.3, -0.25) is 0 Å². The first-order valence-electron chi connectivity index (χ1n) is 1.51. The lowest BCUT2D eigenvalue weighted by Gasteiger charge is -1.84. The quantitative estimate of drug-likeness (QED) is 0.427. The molecule has 1 rings (SSSR count). The Morgan fingerprint density at radius 3 is 3.00 bits per heavy atom. The number of hydrogen-bond acceptors (Lipinski definition) is 2. The number of rotatable bonds is 0. The molecule has 0 spiro atoms. The molecular weight excluding hydrogens is 104 g/mol. The van der Waals surface area contributed by atoms with E-state index in [1.54, 1.807) is 0 Å². The molecule has 0 aliphatic carbocycles. The van der Waals surface area contributed by atoms with E-state index in [2.05, 4.69) is 9.29 Å². The molecule has 0 saturated carbocycles. The molecule has 1 atom stereocenters. The van der Waals surface area contributed by atoms with Crippen LogP contribution in [-0.4, -0.2) is 12.8 Å². The summed E-state index contributed by atoms with van der Waals surface area (Å²) in [6.07, 6.45) is 1.44. The number of nitrogens with zero attached hydrogens (tertiary/aromatic N) is 1. The van der Waals surface area contributed by atoms with Gasteiger partial charge in [0.1, 0.15) is 0 Å². The number of hydrogen-bond donors (Lipinski definition) is 0. The SMILES string of the molecule is FP1N=CCO1. The topological polar surface area (TPSA) is 21.6 Å². The summed E-state index contributed by atoms with van der Waals surface area (Å²) >= 11 is 0. The summed E-state index contributed by atoms with van der Waals surface area (Å²) in [4.78, 5) is 0. The van der Waals surface area contributed by atoms with Crippen molar-refractivity contribution >= 4 is 14.8 Å². The van der Waals surface area contributed by atoms with Crippen LogP contribution in [0.4, 0.5) is 4.20 Å². The van der Waals surface area contributed by atoms with E-state index in [9.17, 15) is 4.20 Å². The largest absolute Gasteiger partial charge is 0.352 e. The van der Waals surface area contributed by atoms with Gasteiger partial charge in [0.25, 0.3) is 0 Å². The third-order valence-electron chi connectivity index (χ3n) is 0.428. The fourth-order valence-electron chi connectivity index (χ4n) is 0.226. The fourth-order valence-corrected chi connectivity index (χ4v) is 0.677. The smallest absolute Gasteiger partial charge is 0.307 e. The molecule has 34 valence electrons. The first-order chi connectivity index (χ1) is 2.89. The summed E-state index contributed by atoms with van der Waals surface area (Å²) in [6, 6.07) is 0. The molecule has 1 unspecified atom stereocenters. The Morgan fingerprint density at radius 2 is 2.83 bits per heavy atom. The lowest BCUT2D eigenvalue weighted by atomic mass is 10.8. The predicted molar refractivity (Wildman–Crippen MR) is 22.5 cm³/mol. The van der Waals surface area contributed by atoms with Gasteiger partial charge in [0, 0.05) is 6.21 Å². The summed E-state index contributed by atoms with van der Waals surface area (Å²) in [6.45, 7) is 0.349. The summed E-state index contributed by atoms with van der Waals surface area (Å²) in [7, 11) is -1.90. The Hall–Kier alpha value is -0.0100. The van der Waals surface area contributed by atoms with Gasteiger partial charge < -0.3 is 4.52 Å². The van der Waals surface area contributed by atoms with Crippen LogP contribution >= 0.6 is 8.61 Å². The van der Waals surface area contributed by atoms with E-state index >= 15 is 0 Å². The van der Waals surface area contributed by atoms with Gasteiger partial charge in [-0.25, -0.2) is 4.76 Å². The first-order valence-corrected chi connectivity index (χ1v) is 2.61. The Kier molecular flexibility index (Phi) is 1.13. The minimum absolute atomic E-state index is 0.349. The lowest BCUT2D eigenvalue weighted by molar-refractivity contribution is 0.409. The second-order valence-electron chi connectivity index (χ2n) is 0.820. The molecule has 0 amide bonds. The van der Waals surface area contributed by atoms with Gasteiger partial charge in [-0.1, -0.05) is 0 Å². The third kappa shape index (κ3) is 0.730. The highest BCUT2D eigenvalue weighted by molar-refractivity contribution is 7.45. The first kappa shape index (κ1) is 4.16. The molecule has 0 aromatic carbocycles. The van der Waals surface area contributed by atoms with Crippen LogP contribution in [0.15, 0.2) is 4.76 Å². The maximum Gasteiger partial charge on any atom is 0.352 e. The molecule has 0 bridgehead atoms. The van der Waals surface area contributed by atoms with Crippen LogP contribution < -0.4 is 0 Å². The standard InChI is InChI=1S/C2H3FNOP/c3-6-4-1-2-5-6/h1H,2H2. The van der Waals surface area contributed by atoms with Crippen LogP contribution in [0, 0.1) is 0 Å². The molecule has 0 radical (unpaired) electrons.